The molecule has 0 saturated heterocycles. The number of aryl methyl sites for hydroxylation is 1. The minimum Gasteiger partial charge on any atom is -0.299 e. The van der Waals surface area contributed by atoms with Crippen LogP contribution in [0.1, 0.15) is 23.7 Å². The number of nitrogens with one attached hydrogen (secondary N) is 1. The Morgan fingerprint density at radius 3 is 2.62 bits per heavy atom. The first-order valence-corrected chi connectivity index (χ1v) is 6.80. The minimum absolute atomic E-state index is 0.228. The average molecular weight is 340 g/mol. The Bertz CT molecular complexity index is 648. The summed E-state index contributed by atoms with van der Waals surface area (Å²) in [6, 6.07) is -0.755. The number of hydrogen-bond donors (Lipinski definition) is 1. The van der Waals surface area contributed by atoms with Crippen molar-refractivity contribution in [3.8, 4) is 0 Å². The van der Waals surface area contributed by atoms with Gasteiger partial charge in [0.15, 0.2) is 0 Å². The van der Waals surface area contributed by atoms with Crippen molar-refractivity contribution in [2.45, 2.75) is 26.1 Å². The highest BCUT2D eigenvalue weighted by atomic mass is 35.5. The number of anilines is 1. The molecule has 0 fully saturated rings. The van der Waals surface area contributed by atoms with Crippen LogP contribution >= 0.6 is 22.9 Å². The van der Waals surface area contributed by atoms with Crippen LogP contribution < -0.4 is 5.32 Å². The van der Waals surface area contributed by atoms with Gasteiger partial charge in [-0.15, -0.1) is 10.2 Å². The van der Waals surface area contributed by atoms with E-state index in [0.29, 0.717) is 10.7 Å². The van der Waals surface area contributed by atoms with Gasteiger partial charge in [-0.1, -0.05) is 22.9 Å². The zero-order valence-electron chi connectivity index (χ0n) is 10.8. The highest BCUT2D eigenvalue weighted by molar-refractivity contribution is 7.15. The molecule has 2 aromatic rings. The summed E-state index contributed by atoms with van der Waals surface area (Å²) in [6.07, 6.45) is -3.12. The summed E-state index contributed by atoms with van der Waals surface area (Å²) in [5, 5.41) is 11.6. The Labute approximate surface area is 125 Å². The Balaban J connectivity index is 2.09. The second-order valence-electron chi connectivity index (χ2n) is 4.12. The third kappa shape index (κ3) is 3.50. The monoisotopic (exact) mass is 339 g/mol. The molecule has 1 atom stereocenters. The molecule has 0 aliphatic rings. The zero-order chi connectivity index (χ0) is 15.8. The van der Waals surface area contributed by atoms with Gasteiger partial charge in [0.25, 0.3) is 5.91 Å². The minimum atomic E-state index is -4.58. The Kier molecular flexibility index (Phi) is 4.19. The van der Waals surface area contributed by atoms with Gasteiger partial charge in [0.05, 0.1) is 10.7 Å². The molecule has 21 heavy (non-hydrogen) atoms. The molecule has 0 unspecified atom stereocenters. The molecule has 0 aliphatic heterocycles. The maximum absolute atomic E-state index is 12.4. The quantitative estimate of drug-likeness (QED) is 0.933. The lowest BCUT2D eigenvalue weighted by Gasteiger charge is -2.10. The molecule has 114 valence electrons. The van der Waals surface area contributed by atoms with Crippen LogP contribution in [-0.4, -0.2) is 25.9 Å². The van der Waals surface area contributed by atoms with Crippen LogP contribution in [0.2, 0.25) is 5.02 Å². The normalized spacial score (nSPS) is 13.2. The molecule has 2 aromatic heterocycles. The molecule has 11 heteroatoms. The number of rotatable bonds is 3. The van der Waals surface area contributed by atoms with E-state index in [4.69, 9.17) is 11.6 Å². The third-order valence-electron chi connectivity index (χ3n) is 2.53. The van der Waals surface area contributed by atoms with Crippen LogP contribution in [0.3, 0.4) is 0 Å². The van der Waals surface area contributed by atoms with Gasteiger partial charge in [-0.3, -0.25) is 14.8 Å². The van der Waals surface area contributed by atoms with E-state index in [2.05, 4.69) is 20.6 Å². The van der Waals surface area contributed by atoms with Crippen LogP contribution in [0.5, 0.6) is 0 Å². The predicted octanol–water partition coefficient (Wildman–Crippen LogP) is 2.91. The standard InChI is InChI=1S/C10H9ClF3N5OS/c1-4-6(11)3-19(18-4)5(2)7(20)15-9-17-16-8(21-9)10(12,13)14/h3,5H,1-2H3,(H,15,17,20)/t5-/m0/s1. The molecule has 2 rings (SSSR count). The van der Waals surface area contributed by atoms with E-state index in [0.717, 1.165) is 0 Å². The lowest BCUT2D eigenvalue weighted by Crippen LogP contribution is -2.24. The van der Waals surface area contributed by atoms with Crippen molar-refractivity contribution in [1.82, 2.24) is 20.0 Å². The number of amides is 1. The van der Waals surface area contributed by atoms with Crippen LogP contribution in [0.15, 0.2) is 6.20 Å². The van der Waals surface area contributed by atoms with E-state index in [9.17, 15) is 18.0 Å². The van der Waals surface area contributed by atoms with E-state index < -0.39 is 23.1 Å². The van der Waals surface area contributed by atoms with E-state index >= 15 is 0 Å². The molecule has 0 bridgehead atoms. The molecule has 0 spiro atoms. The van der Waals surface area contributed by atoms with Crippen LogP contribution in [0.25, 0.3) is 0 Å². The SMILES string of the molecule is Cc1nn([C@@H](C)C(=O)Nc2nnc(C(F)(F)F)s2)cc1Cl. The highest BCUT2D eigenvalue weighted by Gasteiger charge is 2.36. The van der Waals surface area contributed by atoms with E-state index in [1.807, 2.05) is 0 Å². The molecule has 0 aromatic carbocycles. The van der Waals surface area contributed by atoms with Gasteiger partial charge < -0.3 is 0 Å². The summed E-state index contributed by atoms with van der Waals surface area (Å²) in [5.41, 5.74) is 0.548. The highest BCUT2D eigenvalue weighted by Crippen LogP contribution is 2.33. The summed E-state index contributed by atoms with van der Waals surface area (Å²) in [7, 11) is 0. The summed E-state index contributed by atoms with van der Waals surface area (Å²) in [5.74, 6) is -0.570. The second kappa shape index (κ2) is 5.60. The molecule has 1 amide bonds. The number of hydrogen-bond acceptors (Lipinski definition) is 5. The fourth-order valence-electron chi connectivity index (χ4n) is 1.38. The number of carbonyl (C=O) groups is 1. The molecular formula is C10H9ClF3N5OS. The topological polar surface area (TPSA) is 72.7 Å². The predicted molar refractivity (Wildman–Crippen MR) is 70.2 cm³/mol. The summed E-state index contributed by atoms with van der Waals surface area (Å²) in [4.78, 5) is 11.9. The fraction of sp³-hybridized carbons (Fsp3) is 0.400. The van der Waals surface area contributed by atoms with Crippen molar-refractivity contribution >= 4 is 34.0 Å². The van der Waals surface area contributed by atoms with E-state index in [1.165, 1.54) is 17.8 Å². The van der Waals surface area contributed by atoms with Crippen molar-refractivity contribution in [3.63, 3.8) is 0 Å². The lowest BCUT2D eigenvalue weighted by molar-refractivity contribution is -0.138. The van der Waals surface area contributed by atoms with E-state index in [-0.39, 0.29) is 16.5 Å². The van der Waals surface area contributed by atoms with Crippen LogP contribution in [0.4, 0.5) is 18.3 Å². The van der Waals surface area contributed by atoms with Gasteiger partial charge in [-0.05, 0) is 13.8 Å². The molecule has 0 aliphatic carbocycles. The van der Waals surface area contributed by atoms with Crippen molar-refractivity contribution in [1.29, 1.82) is 0 Å². The van der Waals surface area contributed by atoms with Crippen molar-refractivity contribution in [2.75, 3.05) is 5.32 Å². The number of alkyl halides is 3. The van der Waals surface area contributed by atoms with Crippen molar-refractivity contribution in [2.24, 2.45) is 0 Å². The molecular weight excluding hydrogens is 331 g/mol. The fourth-order valence-corrected chi connectivity index (χ4v) is 2.13. The Morgan fingerprint density at radius 1 is 1.48 bits per heavy atom. The lowest BCUT2D eigenvalue weighted by atomic mass is 10.3. The van der Waals surface area contributed by atoms with Crippen LogP contribution in [-0.2, 0) is 11.0 Å². The van der Waals surface area contributed by atoms with Crippen molar-refractivity contribution in [3.05, 3.63) is 21.9 Å². The average Bonchev–Trinajstić information content (AvgIpc) is 2.96. The zero-order valence-corrected chi connectivity index (χ0v) is 12.3. The molecule has 0 saturated carbocycles. The maximum atomic E-state index is 12.4. The largest absolute Gasteiger partial charge is 0.445 e. The second-order valence-corrected chi connectivity index (χ2v) is 5.50. The number of halogens is 4. The van der Waals surface area contributed by atoms with Gasteiger partial charge in [-0.2, -0.15) is 18.3 Å². The first kappa shape index (κ1) is 15.7. The van der Waals surface area contributed by atoms with Gasteiger partial charge in [0.2, 0.25) is 10.1 Å². The van der Waals surface area contributed by atoms with Gasteiger partial charge >= 0.3 is 6.18 Å². The maximum Gasteiger partial charge on any atom is 0.445 e. The molecule has 6 nitrogen and oxygen atoms in total. The smallest absolute Gasteiger partial charge is 0.299 e. The first-order chi connectivity index (χ1) is 9.68. The van der Waals surface area contributed by atoms with Gasteiger partial charge in [0.1, 0.15) is 6.04 Å². The molecule has 1 N–H and O–H groups in total. The third-order valence-corrected chi connectivity index (χ3v) is 3.79. The van der Waals surface area contributed by atoms with Crippen LogP contribution in [0, 0.1) is 6.92 Å². The summed E-state index contributed by atoms with van der Waals surface area (Å²) >= 11 is 6.09. The van der Waals surface area contributed by atoms with Gasteiger partial charge in [0, 0.05) is 6.20 Å². The Hall–Kier alpha value is -1.68. The number of carbonyl (C=O) groups excluding carboxylic acids is 1. The number of aromatic nitrogens is 4. The van der Waals surface area contributed by atoms with E-state index in [1.54, 1.807) is 6.92 Å². The molecule has 2 heterocycles. The number of nitrogens with zero attached hydrogens (tertiary/aromatic N) is 4. The summed E-state index contributed by atoms with van der Waals surface area (Å²) < 4.78 is 38.4. The Morgan fingerprint density at radius 2 is 2.14 bits per heavy atom. The summed E-state index contributed by atoms with van der Waals surface area (Å²) in [6.45, 7) is 3.20. The molecule has 0 radical (unpaired) electrons. The van der Waals surface area contributed by atoms with Crippen molar-refractivity contribution < 1.29 is 18.0 Å². The van der Waals surface area contributed by atoms with Gasteiger partial charge in [-0.25, -0.2) is 0 Å². The first-order valence-electron chi connectivity index (χ1n) is 5.61.